The van der Waals surface area contributed by atoms with Crippen molar-refractivity contribution in [2.75, 3.05) is 11.5 Å². The number of benzene rings is 2. The van der Waals surface area contributed by atoms with E-state index in [4.69, 9.17) is 4.74 Å². The lowest BCUT2D eigenvalue weighted by Gasteiger charge is -2.15. The Morgan fingerprint density at radius 1 is 1.19 bits per heavy atom. The highest BCUT2D eigenvalue weighted by Crippen LogP contribution is 2.29. The van der Waals surface area contributed by atoms with Gasteiger partial charge in [0.25, 0.3) is 0 Å². The first kappa shape index (κ1) is 13.9. The number of carboxylic acids is 1. The maximum absolute atomic E-state index is 11.5. The first-order valence-corrected chi connectivity index (χ1v) is 8.40. The third-order valence-electron chi connectivity index (χ3n) is 3.56. The molecule has 0 radical (unpaired) electrons. The molecule has 1 unspecified atom stereocenters. The zero-order valence-electron chi connectivity index (χ0n) is 11.2. The predicted octanol–water partition coefficient (Wildman–Crippen LogP) is 2.10. The maximum Gasteiger partial charge on any atom is 0.339 e. The van der Waals surface area contributed by atoms with Crippen LogP contribution in [0.15, 0.2) is 36.4 Å². The number of ether oxygens (including phenoxy) is 1. The van der Waals surface area contributed by atoms with Crippen LogP contribution in [0.5, 0.6) is 5.75 Å². The van der Waals surface area contributed by atoms with Crippen molar-refractivity contribution in [3.8, 4) is 5.75 Å². The van der Waals surface area contributed by atoms with E-state index in [0.717, 1.165) is 10.8 Å². The molecule has 1 N–H and O–H groups in total. The highest BCUT2D eigenvalue weighted by atomic mass is 32.2. The predicted molar refractivity (Wildman–Crippen MR) is 78.6 cm³/mol. The van der Waals surface area contributed by atoms with Crippen LogP contribution in [0.3, 0.4) is 0 Å². The van der Waals surface area contributed by atoms with E-state index in [9.17, 15) is 18.3 Å². The van der Waals surface area contributed by atoms with Gasteiger partial charge in [0.15, 0.2) is 9.84 Å². The number of rotatable bonds is 3. The van der Waals surface area contributed by atoms with Crippen LogP contribution in [0.1, 0.15) is 16.8 Å². The van der Waals surface area contributed by atoms with Crippen molar-refractivity contribution < 1.29 is 23.1 Å². The van der Waals surface area contributed by atoms with Gasteiger partial charge < -0.3 is 9.84 Å². The summed E-state index contributed by atoms with van der Waals surface area (Å²) in [6.45, 7) is 0. The molecule has 6 heteroatoms. The topological polar surface area (TPSA) is 80.7 Å². The first-order valence-electron chi connectivity index (χ1n) is 6.58. The highest BCUT2D eigenvalue weighted by molar-refractivity contribution is 7.91. The normalized spacial score (nSPS) is 20.5. The monoisotopic (exact) mass is 306 g/mol. The van der Waals surface area contributed by atoms with E-state index in [-0.39, 0.29) is 22.8 Å². The summed E-state index contributed by atoms with van der Waals surface area (Å²) in [4.78, 5) is 11.4. The number of fused-ring (bicyclic) bond motifs is 1. The molecule has 1 atom stereocenters. The second-order valence-electron chi connectivity index (χ2n) is 5.14. The number of sulfone groups is 1. The van der Waals surface area contributed by atoms with Gasteiger partial charge in [-0.05, 0) is 29.3 Å². The van der Waals surface area contributed by atoms with Crippen LogP contribution in [-0.4, -0.2) is 37.1 Å². The van der Waals surface area contributed by atoms with E-state index in [1.165, 1.54) is 0 Å². The van der Waals surface area contributed by atoms with Gasteiger partial charge in [0.2, 0.25) is 0 Å². The molecule has 1 aliphatic rings. The lowest BCUT2D eigenvalue weighted by molar-refractivity contribution is 0.0690. The van der Waals surface area contributed by atoms with E-state index in [0.29, 0.717) is 6.42 Å². The summed E-state index contributed by atoms with van der Waals surface area (Å²) in [7, 11) is -3.06. The SMILES string of the molecule is O=C(O)c1cc2ccccc2cc1OC1CCS(=O)(=O)C1. The zero-order valence-corrected chi connectivity index (χ0v) is 12.0. The lowest BCUT2D eigenvalue weighted by atomic mass is 10.1. The molecule has 3 rings (SSSR count). The molecular formula is C15H14O5S. The van der Waals surface area contributed by atoms with Crippen molar-refractivity contribution >= 4 is 26.6 Å². The van der Waals surface area contributed by atoms with Crippen molar-refractivity contribution in [3.63, 3.8) is 0 Å². The Bertz CT molecular complexity index is 810. The smallest absolute Gasteiger partial charge is 0.339 e. The van der Waals surface area contributed by atoms with Gasteiger partial charge in [-0.2, -0.15) is 0 Å². The standard InChI is InChI=1S/C15H14O5S/c16-15(17)13-7-10-3-1-2-4-11(10)8-14(13)20-12-5-6-21(18,19)9-12/h1-4,7-8,12H,5-6,9H2,(H,16,17). The second-order valence-corrected chi connectivity index (χ2v) is 7.37. The van der Waals surface area contributed by atoms with Crippen molar-refractivity contribution in [2.24, 2.45) is 0 Å². The molecule has 2 aromatic rings. The first-order chi connectivity index (χ1) is 9.94. The van der Waals surface area contributed by atoms with Crippen LogP contribution in [-0.2, 0) is 9.84 Å². The Morgan fingerprint density at radius 2 is 1.86 bits per heavy atom. The van der Waals surface area contributed by atoms with Crippen LogP contribution < -0.4 is 4.74 Å². The van der Waals surface area contributed by atoms with Crippen LogP contribution in [0.2, 0.25) is 0 Å². The Balaban J connectivity index is 2.00. The molecule has 110 valence electrons. The summed E-state index contributed by atoms with van der Waals surface area (Å²) in [5, 5.41) is 11.0. The molecule has 1 saturated heterocycles. The van der Waals surface area contributed by atoms with Crippen LogP contribution in [0, 0.1) is 0 Å². The molecule has 1 fully saturated rings. The summed E-state index contributed by atoms with van der Waals surface area (Å²) < 4.78 is 28.6. The van der Waals surface area contributed by atoms with Gasteiger partial charge in [0, 0.05) is 0 Å². The molecule has 0 aromatic heterocycles. The van der Waals surface area contributed by atoms with Crippen LogP contribution >= 0.6 is 0 Å². The number of aromatic carboxylic acids is 1. The van der Waals surface area contributed by atoms with Crippen molar-refractivity contribution in [3.05, 3.63) is 42.0 Å². The largest absolute Gasteiger partial charge is 0.488 e. The second kappa shape index (κ2) is 5.04. The summed E-state index contributed by atoms with van der Waals surface area (Å²) in [6.07, 6.45) is -0.0805. The van der Waals surface area contributed by atoms with Gasteiger partial charge in [-0.1, -0.05) is 24.3 Å². The fraction of sp³-hybridized carbons (Fsp3) is 0.267. The van der Waals surface area contributed by atoms with Gasteiger partial charge in [0.1, 0.15) is 17.4 Å². The van der Waals surface area contributed by atoms with Crippen molar-refractivity contribution in [1.29, 1.82) is 0 Å². The minimum Gasteiger partial charge on any atom is -0.488 e. The summed E-state index contributed by atoms with van der Waals surface area (Å²) >= 11 is 0. The van der Waals surface area contributed by atoms with E-state index < -0.39 is 21.9 Å². The molecule has 5 nitrogen and oxygen atoms in total. The minimum atomic E-state index is -3.06. The van der Waals surface area contributed by atoms with Gasteiger partial charge in [-0.3, -0.25) is 0 Å². The number of carboxylic acid groups (broad SMARTS) is 1. The zero-order chi connectivity index (χ0) is 15.0. The molecule has 2 aromatic carbocycles. The van der Waals surface area contributed by atoms with Crippen LogP contribution in [0.4, 0.5) is 0 Å². The molecule has 1 heterocycles. The Kier molecular flexibility index (Phi) is 3.33. The third-order valence-corrected chi connectivity index (χ3v) is 5.30. The Morgan fingerprint density at radius 3 is 2.43 bits per heavy atom. The fourth-order valence-corrected chi connectivity index (χ4v) is 4.11. The molecule has 0 bridgehead atoms. The van der Waals surface area contributed by atoms with E-state index >= 15 is 0 Å². The van der Waals surface area contributed by atoms with E-state index in [1.807, 2.05) is 24.3 Å². The van der Waals surface area contributed by atoms with Gasteiger partial charge in [0.05, 0.1) is 11.5 Å². The molecule has 21 heavy (non-hydrogen) atoms. The van der Waals surface area contributed by atoms with Gasteiger partial charge in [-0.15, -0.1) is 0 Å². The number of hydrogen-bond donors (Lipinski definition) is 1. The minimum absolute atomic E-state index is 0.0537. The molecular weight excluding hydrogens is 292 g/mol. The number of carbonyl (C=O) groups is 1. The maximum atomic E-state index is 11.5. The van der Waals surface area contributed by atoms with Crippen LogP contribution in [0.25, 0.3) is 10.8 Å². The number of hydrogen-bond acceptors (Lipinski definition) is 4. The molecule has 1 aliphatic heterocycles. The fourth-order valence-electron chi connectivity index (χ4n) is 2.52. The quantitative estimate of drug-likeness (QED) is 0.939. The van der Waals surface area contributed by atoms with Gasteiger partial charge in [-0.25, -0.2) is 13.2 Å². The third kappa shape index (κ3) is 2.85. The summed E-state index contributed by atoms with van der Waals surface area (Å²) in [5.74, 6) is -0.827. The molecule has 0 saturated carbocycles. The average molecular weight is 306 g/mol. The summed E-state index contributed by atoms with van der Waals surface area (Å²) in [6, 6.07) is 10.6. The van der Waals surface area contributed by atoms with Crippen molar-refractivity contribution in [1.82, 2.24) is 0 Å². The Hall–Kier alpha value is -2.08. The average Bonchev–Trinajstić information content (AvgIpc) is 2.77. The van der Waals surface area contributed by atoms with Gasteiger partial charge >= 0.3 is 5.97 Å². The van der Waals surface area contributed by atoms with E-state index in [2.05, 4.69) is 0 Å². The summed E-state index contributed by atoms with van der Waals surface area (Å²) in [5.41, 5.74) is 0.0537. The highest BCUT2D eigenvalue weighted by Gasteiger charge is 2.30. The van der Waals surface area contributed by atoms with Crippen molar-refractivity contribution in [2.45, 2.75) is 12.5 Å². The Labute approximate surface area is 122 Å². The lowest BCUT2D eigenvalue weighted by Crippen LogP contribution is -2.19. The van der Waals surface area contributed by atoms with E-state index in [1.54, 1.807) is 12.1 Å². The molecule has 0 spiro atoms. The molecule has 0 aliphatic carbocycles. The molecule has 0 amide bonds.